The minimum Gasteiger partial charge on any atom is -0.355 e. The van der Waals surface area contributed by atoms with Crippen molar-refractivity contribution in [1.29, 1.82) is 0 Å². The molecule has 0 amide bonds. The second-order valence-corrected chi connectivity index (χ2v) is 5.17. The van der Waals surface area contributed by atoms with Gasteiger partial charge in [-0.05, 0) is 25.2 Å². The summed E-state index contributed by atoms with van der Waals surface area (Å²) in [5.74, 6) is 2.53. The Bertz CT molecular complexity index is 341. The number of anilines is 1. The lowest BCUT2D eigenvalue weighted by molar-refractivity contribution is 0.656. The summed E-state index contributed by atoms with van der Waals surface area (Å²) in [5, 5.41) is 3.43. The maximum Gasteiger partial charge on any atom is 0.203 e. The van der Waals surface area contributed by atoms with Gasteiger partial charge in [-0.3, -0.25) is 0 Å². The fourth-order valence-corrected chi connectivity index (χ4v) is 1.89. The van der Waals surface area contributed by atoms with Crippen LogP contribution in [0, 0.1) is 18.8 Å². The van der Waals surface area contributed by atoms with Crippen LogP contribution in [-0.4, -0.2) is 16.1 Å². The number of rotatable bonds is 4. The number of hydrogen-bond donors (Lipinski definition) is 1. The van der Waals surface area contributed by atoms with Crippen LogP contribution in [0.25, 0.3) is 0 Å². The molecule has 1 aromatic rings. The van der Waals surface area contributed by atoms with Crippen molar-refractivity contribution < 1.29 is 0 Å². The summed E-state index contributed by atoms with van der Waals surface area (Å²) in [6.45, 7) is 9.79. The smallest absolute Gasteiger partial charge is 0.203 e. The van der Waals surface area contributed by atoms with Crippen LogP contribution >= 0.6 is 0 Å². The molecule has 15 heavy (non-hydrogen) atoms. The molecule has 1 saturated carbocycles. The maximum absolute atomic E-state index is 4.53. The first kappa shape index (κ1) is 10.5. The van der Waals surface area contributed by atoms with Gasteiger partial charge in [0.2, 0.25) is 5.95 Å². The Hall–Kier alpha value is -0.990. The molecule has 1 aliphatic rings. The van der Waals surface area contributed by atoms with E-state index in [9.17, 15) is 0 Å². The quantitative estimate of drug-likeness (QED) is 0.822. The minimum absolute atomic E-state index is 0.659. The lowest BCUT2D eigenvalue weighted by Gasteiger charge is -2.10. The van der Waals surface area contributed by atoms with Crippen LogP contribution in [0.3, 0.4) is 0 Å². The van der Waals surface area contributed by atoms with Crippen LogP contribution in [0.15, 0.2) is 6.20 Å². The largest absolute Gasteiger partial charge is 0.355 e. The molecular weight excluding hydrogens is 186 g/mol. The van der Waals surface area contributed by atoms with Crippen LogP contribution in [0.1, 0.15) is 38.9 Å². The van der Waals surface area contributed by atoms with E-state index in [1.54, 1.807) is 0 Å². The van der Waals surface area contributed by atoms with Crippen molar-refractivity contribution in [3.8, 4) is 0 Å². The molecule has 0 radical (unpaired) electrons. The van der Waals surface area contributed by atoms with Crippen LogP contribution < -0.4 is 5.32 Å². The first-order valence-electron chi connectivity index (χ1n) is 5.87. The molecule has 0 spiro atoms. The third-order valence-electron chi connectivity index (χ3n) is 2.95. The van der Waals surface area contributed by atoms with Crippen molar-refractivity contribution in [3.05, 3.63) is 11.9 Å². The Morgan fingerprint density at radius 2 is 2.27 bits per heavy atom. The molecular formula is C12H21N3. The summed E-state index contributed by atoms with van der Waals surface area (Å²) in [6.07, 6.45) is 3.46. The average Bonchev–Trinajstić information content (AvgIpc) is 2.74. The van der Waals surface area contributed by atoms with Crippen molar-refractivity contribution in [2.75, 3.05) is 11.9 Å². The Morgan fingerprint density at radius 1 is 1.60 bits per heavy atom. The minimum atomic E-state index is 0.659. The molecule has 1 N–H and O–H groups in total. The van der Waals surface area contributed by atoms with Crippen molar-refractivity contribution in [2.45, 2.75) is 40.2 Å². The fraction of sp³-hybridized carbons (Fsp3) is 0.750. The molecule has 1 aromatic heterocycles. The van der Waals surface area contributed by atoms with Crippen LogP contribution in [-0.2, 0) is 0 Å². The Morgan fingerprint density at radius 3 is 2.80 bits per heavy atom. The van der Waals surface area contributed by atoms with Crippen molar-refractivity contribution in [3.63, 3.8) is 0 Å². The van der Waals surface area contributed by atoms with Gasteiger partial charge in [0.15, 0.2) is 0 Å². The maximum atomic E-state index is 4.53. The van der Waals surface area contributed by atoms with Crippen molar-refractivity contribution in [1.82, 2.24) is 9.55 Å². The van der Waals surface area contributed by atoms with Gasteiger partial charge in [0.25, 0.3) is 0 Å². The third kappa shape index (κ3) is 2.33. The number of nitrogens with one attached hydrogen (secondary N) is 1. The molecule has 3 heteroatoms. The number of hydrogen-bond acceptors (Lipinski definition) is 2. The Balaban J connectivity index is 2.08. The van der Waals surface area contributed by atoms with E-state index in [1.165, 1.54) is 6.42 Å². The molecule has 2 unspecified atom stereocenters. The monoisotopic (exact) mass is 207 g/mol. The highest BCUT2D eigenvalue weighted by Crippen LogP contribution is 2.44. The third-order valence-corrected chi connectivity index (χ3v) is 2.95. The number of nitrogens with zero attached hydrogens (tertiary/aromatic N) is 2. The van der Waals surface area contributed by atoms with E-state index in [-0.39, 0.29) is 0 Å². The standard InChI is InChI=1S/C12H21N3/c1-8(2)6-13-12-14-10(4)7-15(12)11-5-9(11)3/h7-9,11H,5-6H2,1-4H3,(H,13,14). The number of aryl methyl sites for hydroxylation is 1. The summed E-state index contributed by atoms with van der Waals surface area (Å²) in [6, 6.07) is 0.681. The SMILES string of the molecule is Cc1cn(C2CC2C)c(NCC(C)C)n1. The van der Waals surface area contributed by atoms with Gasteiger partial charge in [0, 0.05) is 18.8 Å². The molecule has 0 bridgehead atoms. The van der Waals surface area contributed by atoms with Gasteiger partial charge in [-0.1, -0.05) is 20.8 Å². The molecule has 0 aromatic carbocycles. The van der Waals surface area contributed by atoms with Crippen LogP contribution in [0.2, 0.25) is 0 Å². The van der Waals surface area contributed by atoms with E-state index in [1.807, 2.05) is 0 Å². The molecule has 3 nitrogen and oxygen atoms in total. The molecule has 0 aliphatic heterocycles. The topological polar surface area (TPSA) is 29.9 Å². The zero-order valence-corrected chi connectivity index (χ0v) is 10.1. The second-order valence-electron chi connectivity index (χ2n) is 5.17. The van der Waals surface area contributed by atoms with Gasteiger partial charge in [0.05, 0.1) is 5.69 Å². The van der Waals surface area contributed by atoms with E-state index in [4.69, 9.17) is 0 Å². The van der Waals surface area contributed by atoms with Crippen molar-refractivity contribution in [2.24, 2.45) is 11.8 Å². The van der Waals surface area contributed by atoms with Gasteiger partial charge in [0.1, 0.15) is 0 Å². The zero-order valence-electron chi connectivity index (χ0n) is 10.1. The fourth-order valence-electron chi connectivity index (χ4n) is 1.89. The molecule has 84 valence electrons. The first-order valence-corrected chi connectivity index (χ1v) is 5.87. The van der Waals surface area contributed by atoms with E-state index >= 15 is 0 Å². The second kappa shape index (κ2) is 3.87. The van der Waals surface area contributed by atoms with E-state index in [2.05, 4.69) is 48.8 Å². The summed E-state index contributed by atoms with van der Waals surface area (Å²) in [5.41, 5.74) is 1.11. The van der Waals surface area contributed by atoms with Crippen molar-refractivity contribution >= 4 is 5.95 Å². The number of aromatic nitrogens is 2. The van der Waals surface area contributed by atoms with Gasteiger partial charge >= 0.3 is 0 Å². The van der Waals surface area contributed by atoms with E-state index < -0.39 is 0 Å². The molecule has 1 fully saturated rings. The first-order chi connectivity index (χ1) is 7.08. The van der Waals surface area contributed by atoms with E-state index in [0.29, 0.717) is 12.0 Å². The molecule has 2 rings (SSSR count). The zero-order chi connectivity index (χ0) is 11.0. The highest BCUT2D eigenvalue weighted by molar-refractivity contribution is 5.31. The van der Waals surface area contributed by atoms with Crippen LogP contribution in [0.5, 0.6) is 0 Å². The predicted molar refractivity (Wildman–Crippen MR) is 63.1 cm³/mol. The highest BCUT2D eigenvalue weighted by atomic mass is 15.2. The predicted octanol–water partition coefficient (Wildman–Crippen LogP) is 2.84. The normalized spacial score (nSPS) is 24.6. The lowest BCUT2D eigenvalue weighted by atomic mass is 10.2. The van der Waals surface area contributed by atoms with Gasteiger partial charge in [-0.2, -0.15) is 0 Å². The number of imidazole rings is 1. The summed E-state index contributed by atoms with van der Waals surface area (Å²) in [7, 11) is 0. The van der Waals surface area contributed by atoms with Gasteiger partial charge < -0.3 is 9.88 Å². The lowest BCUT2D eigenvalue weighted by Crippen LogP contribution is -2.12. The Labute approximate surface area is 91.9 Å². The highest BCUT2D eigenvalue weighted by Gasteiger charge is 2.35. The molecule has 1 heterocycles. The summed E-state index contributed by atoms with van der Waals surface area (Å²) < 4.78 is 2.31. The average molecular weight is 207 g/mol. The summed E-state index contributed by atoms with van der Waals surface area (Å²) in [4.78, 5) is 4.53. The van der Waals surface area contributed by atoms with E-state index in [0.717, 1.165) is 24.1 Å². The molecule has 0 saturated heterocycles. The van der Waals surface area contributed by atoms with Crippen LogP contribution in [0.4, 0.5) is 5.95 Å². The summed E-state index contributed by atoms with van der Waals surface area (Å²) >= 11 is 0. The molecule has 1 aliphatic carbocycles. The Kier molecular flexibility index (Phi) is 2.72. The molecule has 2 atom stereocenters. The van der Waals surface area contributed by atoms with Gasteiger partial charge in [-0.25, -0.2) is 4.98 Å². The van der Waals surface area contributed by atoms with Gasteiger partial charge in [-0.15, -0.1) is 0 Å².